The number of fused-ring (bicyclic) bond motifs is 1. The SMILES string of the molecule is C/C1=C/CC(=O)/C=C/C2C(CC1)C2(C)C. The van der Waals surface area contributed by atoms with Crippen molar-refractivity contribution in [1.82, 2.24) is 0 Å². The summed E-state index contributed by atoms with van der Waals surface area (Å²) in [4.78, 5) is 11.5. The van der Waals surface area contributed by atoms with Crippen molar-refractivity contribution in [3.05, 3.63) is 23.8 Å². The van der Waals surface area contributed by atoms with Gasteiger partial charge in [-0.2, -0.15) is 0 Å². The van der Waals surface area contributed by atoms with E-state index in [0.29, 0.717) is 17.8 Å². The summed E-state index contributed by atoms with van der Waals surface area (Å²) in [6.45, 7) is 6.77. The van der Waals surface area contributed by atoms with Crippen LogP contribution in [0.25, 0.3) is 0 Å². The lowest BCUT2D eigenvalue weighted by atomic mass is 10.0. The van der Waals surface area contributed by atoms with E-state index in [9.17, 15) is 4.79 Å². The maximum atomic E-state index is 11.5. The smallest absolute Gasteiger partial charge is 0.159 e. The summed E-state index contributed by atoms with van der Waals surface area (Å²) < 4.78 is 0. The van der Waals surface area contributed by atoms with Gasteiger partial charge in [0.2, 0.25) is 0 Å². The zero-order valence-electron chi connectivity index (χ0n) is 9.92. The number of hydrogen-bond acceptors (Lipinski definition) is 1. The van der Waals surface area contributed by atoms with Crippen LogP contribution in [0, 0.1) is 17.3 Å². The second-order valence-corrected chi connectivity index (χ2v) is 5.57. The third kappa shape index (κ3) is 2.06. The number of ketones is 1. The van der Waals surface area contributed by atoms with Crippen LogP contribution in [0.1, 0.15) is 40.0 Å². The molecule has 1 heteroatoms. The Morgan fingerprint density at radius 3 is 2.87 bits per heavy atom. The highest BCUT2D eigenvalue weighted by atomic mass is 16.1. The van der Waals surface area contributed by atoms with Gasteiger partial charge in [-0.05, 0) is 43.1 Å². The van der Waals surface area contributed by atoms with Gasteiger partial charge in [0.25, 0.3) is 0 Å². The molecular weight excluding hydrogens is 184 g/mol. The summed E-state index contributed by atoms with van der Waals surface area (Å²) >= 11 is 0. The number of carbonyl (C=O) groups excluding carboxylic acids is 1. The first-order valence-electron chi connectivity index (χ1n) is 5.88. The predicted molar refractivity (Wildman–Crippen MR) is 62.5 cm³/mol. The van der Waals surface area contributed by atoms with Gasteiger partial charge < -0.3 is 0 Å². The fourth-order valence-electron chi connectivity index (χ4n) is 2.76. The zero-order chi connectivity index (χ0) is 11.1. The van der Waals surface area contributed by atoms with Crippen LogP contribution in [-0.2, 0) is 4.79 Å². The lowest BCUT2D eigenvalue weighted by Gasteiger charge is -2.03. The first-order valence-corrected chi connectivity index (χ1v) is 5.88. The van der Waals surface area contributed by atoms with Crippen LogP contribution in [0.4, 0.5) is 0 Å². The second-order valence-electron chi connectivity index (χ2n) is 5.57. The predicted octanol–water partition coefficient (Wildman–Crippen LogP) is 3.51. The summed E-state index contributed by atoms with van der Waals surface area (Å²) in [6.07, 6.45) is 9.04. The molecule has 0 aromatic carbocycles. The summed E-state index contributed by atoms with van der Waals surface area (Å²) in [5.41, 5.74) is 1.79. The van der Waals surface area contributed by atoms with Crippen molar-refractivity contribution in [3.8, 4) is 0 Å². The second kappa shape index (κ2) is 3.62. The highest BCUT2D eigenvalue weighted by molar-refractivity contribution is 5.90. The van der Waals surface area contributed by atoms with Crippen molar-refractivity contribution in [2.45, 2.75) is 40.0 Å². The monoisotopic (exact) mass is 204 g/mol. The van der Waals surface area contributed by atoms with E-state index < -0.39 is 0 Å². The van der Waals surface area contributed by atoms with Crippen LogP contribution in [0.3, 0.4) is 0 Å². The molecule has 0 bridgehead atoms. The lowest BCUT2D eigenvalue weighted by molar-refractivity contribution is -0.113. The number of hydrogen-bond donors (Lipinski definition) is 0. The van der Waals surface area contributed by atoms with E-state index in [1.54, 1.807) is 6.08 Å². The molecule has 2 atom stereocenters. The normalized spacial score (nSPS) is 39.9. The fourth-order valence-corrected chi connectivity index (χ4v) is 2.76. The van der Waals surface area contributed by atoms with Crippen molar-refractivity contribution in [2.24, 2.45) is 17.3 Å². The average molecular weight is 204 g/mol. The molecule has 0 aromatic rings. The largest absolute Gasteiger partial charge is 0.295 e. The Kier molecular flexibility index (Phi) is 2.57. The van der Waals surface area contributed by atoms with Gasteiger partial charge in [-0.25, -0.2) is 0 Å². The molecule has 2 rings (SSSR count). The van der Waals surface area contributed by atoms with Crippen LogP contribution in [0.2, 0.25) is 0 Å². The third-order valence-corrected chi connectivity index (χ3v) is 4.13. The molecule has 1 fully saturated rings. The van der Waals surface area contributed by atoms with Gasteiger partial charge in [0.1, 0.15) is 0 Å². The van der Waals surface area contributed by atoms with E-state index >= 15 is 0 Å². The molecule has 0 amide bonds. The van der Waals surface area contributed by atoms with Crippen LogP contribution in [0.5, 0.6) is 0 Å². The molecule has 0 heterocycles. The minimum absolute atomic E-state index is 0.248. The van der Waals surface area contributed by atoms with Crippen molar-refractivity contribution in [2.75, 3.05) is 0 Å². The number of rotatable bonds is 0. The number of allylic oxidation sites excluding steroid dienone is 4. The standard InChI is InChI=1S/C14H20O/c1-10-4-6-11(15)7-9-13-12(8-5-10)14(13,2)3/h4,7,9,12-13H,5-6,8H2,1-3H3/b9-7+,10-4-. The fraction of sp³-hybridized carbons (Fsp3) is 0.643. The first-order chi connectivity index (χ1) is 7.01. The molecule has 15 heavy (non-hydrogen) atoms. The number of carbonyl (C=O) groups is 1. The van der Waals surface area contributed by atoms with Gasteiger partial charge in [0, 0.05) is 6.42 Å². The minimum atomic E-state index is 0.248. The topological polar surface area (TPSA) is 17.1 Å². The first kappa shape index (κ1) is 10.7. The van der Waals surface area contributed by atoms with E-state index in [-0.39, 0.29) is 5.78 Å². The van der Waals surface area contributed by atoms with Gasteiger partial charge >= 0.3 is 0 Å². The molecule has 82 valence electrons. The van der Waals surface area contributed by atoms with E-state index in [1.165, 1.54) is 12.0 Å². The Hall–Kier alpha value is -0.850. The van der Waals surface area contributed by atoms with Crippen molar-refractivity contribution < 1.29 is 4.79 Å². The molecule has 2 aliphatic rings. The summed E-state index contributed by atoms with van der Waals surface area (Å²) in [5.74, 6) is 1.66. The van der Waals surface area contributed by atoms with Crippen LogP contribution >= 0.6 is 0 Å². The van der Waals surface area contributed by atoms with E-state index in [1.807, 2.05) is 0 Å². The molecule has 1 nitrogen and oxygen atoms in total. The maximum Gasteiger partial charge on any atom is 0.159 e. The van der Waals surface area contributed by atoms with Crippen molar-refractivity contribution in [1.29, 1.82) is 0 Å². The highest BCUT2D eigenvalue weighted by Gasteiger charge is 2.55. The van der Waals surface area contributed by atoms with Gasteiger partial charge in [-0.1, -0.05) is 31.6 Å². The van der Waals surface area contributed by atoms with Crippen LogP contribution in [0.15, 0.2) is 23.8 Å². The van der Waals surface area contributed by atoms with Crippen molar-refractivity contribution in [3.63, 3.8) is 0 Å². The van der Waals surface area contributed by atoms with Crippen molar-refractivity contribution >= 4 is 5.78 Å². The Balaban J connectivity index is 2.15. The van der Waals surface area contributed by atoms with Gasteiger partial charge in [0.15, 0.2) is 5.78 Å². The molecular formula is C14H20O. The third-order valence-electron chi connectivity index (χ3n) is 4.13. The summed E-state index contributed by atoms with van der Waals surface area (Å²) in [5, 5.41) is 0. The van der Waals surface area contributed by atoms with Crippen LogP contribution < -0.4 is 0 Å². The van der Waals surface area contributed by atoms with Crippen LogP contribution in [-0.4, -0.2) is 5.78 Å². The highest BCUT2D eigenvalue weighted by Crippen LogP contribution is 2.61. The maximum absolute atomic E-state index is 11.5. The molecule has 2 aliphatic carbocycles. The average Bonchev–Trinajstić information content (AvgIpc) is 2.70. The lowest BCUT2D eigenvalue weighted by Crippen LogP contribution is -1.93. The Labute approximate surface area is 92.3 Å². The Morgan fingerprint density at radius 1 is 1.40 bits per heavy atom. The Bertz CT molecular complexity index is 333. The van der Waals surface area contributed by atoms with E-state index in [4.69, 9.17) is 0 Å². The molecule has 0 radical (unpaired) electrons. The minimum Gasteiger partial charge on any atom is -0.295 e. The van der Waals surface area contributed by atoms with E-state index in [2.05, 4.69) is 32.9 Å². The molecule has 0 N–H and O–H groups in total. The Morgan fingerprint density at radius 2 is 2.13 bits per heavy atom. The van der Waals surface area contributed by atoms with Gasteiger partial charge in [-0.3, -0.25) is 4.79 Å². The molecule has 0 saturated heterocycles. The zero-order valence-corrected chi connectivity index (χ0v) is 9.92. The molecule has 1 saturated carbocycles. The molecule has 2 unspecified atom stereocenters. The molecule has 0 aliphatic heterocycles. The molecule has 0 aromatic heterocycles. The van der Waals surface area contributed by atoms with Gasteiger partial charge in [-0.15, -0.1) is 0 Å². The summed E-state index contributed by atoms with van der Waals surface area (Å²) in [7, 11) is 0. The summed E-state index contributed by atoms with van der Waals surface area (Å²) in [6, 6.07) is 0. The van der Waals surface area contributed by atoms with Gasteiger partial charge in [0.05, 0.1) is 0 Å². The quantitative estimate of drug-likeness (QED) is 0.552. The van der Waals surface area contributed by atoms with E-state index in [0.717, 1.165) is 12.3 Å². The molecule has 0 spiro atoms.